The van der Waals surface area contributed by atoms with Gasteiger partial charge in [0.15, 0.2) is 5.96 Å². The Balaban J connectivity index is 1.47. The molecule has 4 atom stereocenters. The Hall–Kier alpha value is -4.11. The zero-order valence-corrected chi connectivity index (χ0v) is 20.8. The van der Waals surface area contributed by atoms with Gasteiger partial charge in [0.25, 0.3) is 5.91 Å². The maximum atomic E-state index is 13.4. The zero-order valence-electron chi connectivity index (χ0n) is 20.8. The summed E-state index contributed by atoms with van der Waals surface area (Å²) in [6.07, 6.45) is 5.35. The van der Waals surface area contributed by atoms with Gasteiger partial charge in [0.2, 0.25) is 5.91 Å². The van der Waals surface area contributed by atoms with Crippen LogP contribution in [0.2, 0.25) is 0 Å². The summed E-state index contributed by atoms with van der Waals surface area (Å²) in [4.78, 5) is 36.3. The van der Waals surface area contributed by atoms with Gasteiger partial charge in [-0.3, -0.25) is 19.9 Å². The normalized spacial score (nSPS) is 23.8. The second-order valence-corrected chi connectivity index (χ2v) is 9.95. The number of amides is 2. The van der Waals surface area contributed by atoms with Crippen molar-refractivity contribution in [1.29, 1.82) is 5.41 Å². The predicted octanol–water partition coefficient (Wildman–Crippen LogP) is 2.88. The van der Waals surface area contributed by atoms with Crippen LogP contribution >= 0.6 is 0 Å². The number of nitrogens with zero attached hydrogens (tertiary/aromatic N) is 3. The molecule has 2 unspecified atom stereocenters. The van der Waals surface area contributed by atoms with E-state index in [4.69, 9.17) is 5.41 Å². The first-order valence-corrected chi connectivity index (χ1v) is 12.4. The quantitative estimate of drug-likeness (QED) is 0.413. The van der Waals surface area contributed by atoms with E-state index < -0.39 is 23.7 Å². The number of fused-ring (bicyclic) bond motifs is 1. The minimum absolute atomic E-state index is 0.00464. The number of carbonyl (C=O) groups excluding carboxylic acids is 2. The number of aliphatic hydroxyl groups is 1. The molecule has 2 aromatic carbocycles. The number of guanidine groups is 1. The molecule has 1 fully saturated rings. The molecule has 1 aromatic heterocycles. The van der Waals surface area contributed by atoms with Crippen LogP contribution in [0.15, 0.2) is 67.3 Å². The molecule has 1 aliphatic carbocycles. The first kappa shape index (κ1) is 24.6. The van der Waals surface area contributed by atoms with Crippen molar-refractivity contribution < 1.29 is 14.7 Å². The number of benzene rings is 2. The van der Waals surface area contributed by atoms with Crippen molar-refractivity contribution >= 4 is 17.8 Å². The molecule has 2 heterocycles. The van der Waals surface area contributed by atoms with E-state index in [0.29, 0.717) is 29.5 Å². The average molecular weight is 499 g/mol. The van der Waals surface area contributed by atoms with Crippen molar-refractivity contribution in [2.24, 2.45) is 0 Å². The monoisotopic (exact) mass is 498 g/mol. The molecule has 5 rings (SSSR count). The molecule has 0 saturated carbocycles. The lowest BCUT2D eigenvalue weighted by Gasteiger charge is -2.43. The van der Waals surface area contributed by atoms with Crippen LogP contribution in [-0.2, 0) is 11.2 Å². The van der Waals surface area contributed by atoms with Gasteiger partial charge in [-0.25, -0.2) is 9.97 Å². The Bertz CT molecular complexity index is 1330. The number of carbonyl (C=O) groups is 2. The number of aromatic nitrogens is 2. The van der Waals surface area contributed by atoms with Gasteiger partial charge in [-0.2, -0.15) is 0 Å². The maximum absolute atomic E-state index is 13.4. The summed E-state index contributed by atoms with van der Waals surface area (Å²) >= 11 is 0. The Labute approximate surface area is 215 Å². The summed E-state index contributed by atoms with van der Waals surface area (Å²) in [5, 5.41) is 25.4. The number of hydrogen-bond acceptors (Lipinski definition) is 6. The molecule has 0 spiro atoms. The molecule has 9 nitrogen and oxygen atoms in total. The summed E-state index contributed by atoms with van der Waals surface area (Å²) < 4.78 is 0. The third kappa shape index (κ3) is 4.70. The van der Waals surface area contributed by atoms with Crippen LogP contribution in [-0.4, -0.2) is 49.4 Å². The van der Waals surface area contributed by atoms with Gasteiger partial charge in [-0.15, -0.1) is 0 Å². The molecular weight excluding hydrogens is 468 g/mol. The van der Waals surface area contributed by atoms with Crippen molar-refractivity contribution in [2.45, 2.75) is 56.8 Å². The van der Waals surface area contributed by atoms with Gasteiger partial charge in [-0.1, -0.05) is 43.3 Å². The second-order valence-electron chi connectivity index (χ2n) is 9.95. The topological polar surface area (TPSA) is 131 Å². The fourth-order valence-corrected chi connectivity index (χ4v) is 5.19. The van der Waals surface area contributed by atoms with E-state index in [1.54, 1.807) is 30.6 Å². The Morgan fingerprint density at radius 1 is 1.22 bits per heavy atom. The smallest absolute Gasteiger partial charge is 0.251 e. The van der Waals surface area contributed by atoms with Gasteiger partial charge in [0.05, 0.1) is 24.6 Å². The maximum Gasteiger partial charge on any atom is 0.251 e. The first-order chi connectivity index (χ1) is 17.8. The summed E-state index contributed by atoms with van der Waals surface area (Å²) in [7, 11) is 0. The lowest BCUT2D eigenvalue weighted by molar-refractivity contribution is -0.131. The van der Waals surface area contributed by atoms with Gasteiger partial charge in [0.1, 0.15) is 6.33 Å². The van der Waals surface area contributed by atoms with Crippen molar-refractivity contribution in [1.82, 2.24) is 25.5 Å². The molecular formula is C28H30N6O3. The zero-order chi connectivity index (χ0) is 26.2. The van der Waals surface area contributed by atoms with E-state index in [0.717, 1.165) is 11.1 Å². The minimum atomic E-state index is -0.704. The summed E-state index contributed by atoms with van der Waals surface area (Å²) in [5.74, 6) is -0.528. The molecule has 4 N–H and O–H groups in total. The largest absolute Gasteiger partial charge is 0.390 e. The summed E-state index contributed by atoms with van der Waals surface area (Å²) in [6.45, 7) is 3.91. The third-order valence-electron chi connectivity index (χ3n) is 7.36. The van der Waals surface area contributed by atoms with Crippen LogP contribution in [0.3, 0.4) is 0 Å². The average Bonchev–Trinajstić information content (AvgIpc) is 3.21. The van der Waals surface area contributed by atoms with Crippen LogP contribution in [0, 0.1) is 5.41 Å². The van der Waals surface area contributed by atoms with Crippen molar-refractivity contribution in [3.8, 4) is 0 Å². The summed E-state index contributed by atoms with van der Waals surface area (Å²) in [5.41, 5.74) is 3.10. The molecule has 1 aliphatic heterocycles. The van der Waals surface area contributed by atoms with Crippen molar-refractivity contribution in [3.05, 3.63) is 95.1 Å². The van der Waals surface area contributed by atoms with E-state index in [-0.39, 0.29) is 24.2 Å². The van der Waals surface area contributed by atoms with Gasteiger partial charge in [-0.05, 0) is 42.2 Å². The van der Waals surface area contributed by atoms with E-state index in [1.165, 1.54) is 11.2 Å². The molecule has 2 amide bonds. The predicted molar refractivity (Wildman–Crippen MR) is 138 cm³/mol. The summed E-state index contributed by atoms with van der Waals surface area (Å²) in [6, 6.07) is 13.5. The first-order valence-electron chi connectivity index (χ1n) is 12.4. The third-order valence-corrected chi connectivity index (χ3v) is 7.36. The van der Waals surface area contributed by atoms with E-state index >= 15 is 0 Å². The van der Waals surface area contributed by atoms with Crippen LogP contribution in [0.1, 0.15) is 71.4 Å². The van der Waals surface area contributed by atoms with Gasteiger partial charge in [0, 0.05) is 35.5 Å². The van der Waals surface area contributed by atoms with Crippen molar-refractivity contribution in [2.75, 3.05) is 0 Å². The van der Waals surface area contributed by atoms with E-state index in [9.17, 15) is 14.7 Å². The van der Waals surface area contributed by atoms with Crippen LogP contribution in [0.5, 0.6) is 0 Å². The van der Waals surface area contributed by atoms with Gasteiger partial charge < -0.3 is 15.7 Å². The number of rotatable bonds is 6. The fourth-order valence-electron chi connectivity index (χ4n) is 5.19. The number of aliphatic hydroxyl groups excluding tert-OH is 1. The molecule has 3 aromatic rings. The highest BCUT2D eigenvalue weighted by Crippen LogP contribution is 2.34. The molecule has 1 saturated heterocycles. The molecule has 190 valence electrons. The lowest BCUT2D eigenvalue weighted by atomic mass is 9.89. The molecule has 9 heteroatoms. The minimum Gasteiger partial charge on any atom is -0.390 e. The molecule has 0 bridgehead atoms. The Morgan fingerprint density at radius 3 is 2.70 bits per heavy atom. The Morgan fingerprint density at radius 2 is 1.97 bits per heavy atom. The molecule has 0 radical (unpaired) electrons. The lowest BCUT2D eigenvalue weighted by Crippen LogP contribution is -2.61. The van der Waals surface area contributed by atoms with Crippen LogP contribution in [0.25, 0.3) is 0 Å². The van der Waals surface area contributed by atoms with E-state index in [2.05, 4.69) is 20.6 Å². The van der Waals surface area contributed by atoms with Gasteiger partial charge >= 0.3 is 0 Å². The molecule has 37 heavy (non-hydrogen) atoms. The highest BCUT2D eigenvalue weighted by molar-refractivity contribution is 6.00. The van der Waals surface area contributed by atoms with Crippen molar-refractivity contribution in [3.63, 3.8) is 0 Å². The number of nitrogens with one attached hydrogen (secondary N) is 3. The second kappa shape index (κ2) is 9.74. The van der Waals surface area contributed by atoms with Crippen LogP contribution in [0.4, 0.5) is 0 Å². The van der Waals surface area contributed by atoms with E-state index in [1.807, 2.05) is 44.2 Å². The standard InChI is InChI=1S/C28H30N6O3/c1-3-28(2)13-23(36)34(27(29)33-28)25(20-14-30-16-31-15-20)18-8-6-9-19(11-18)26(37)32-24-21-10-5-4-7-17(21)12-22(24)35/h4-11,14-16,22,24-25,35H,3,12-13H2,1-2H3,(H2,29,33)(H,32,37)/t22-,24-,25?,28?/m1/s1. The molecule has 2 aliphatic rings. The van der Waals surface area contributed by atoms with Crippen LogP contribution < -0.4 is 10.6 Å². The highest BCUT2D eigenvalue weighted by atomic mass is 16.3. The highest BCUT2D eigenvalue weighted by Gasteiger charge is 2.41. The fraction of sp³-hybridized carbons (Fsp3) is 0.321. The number of hydrogen-bond donors (Lipinski definition) is 4. The SMILES string of the molecule is CCC1(C)CC(=O)N(C(c2cncnc2)c2cccc(C(=O)N[C@@H]3c4ccccc4C[C@H]3O)c2)C(=N)N1. The Kier molecular flexibility index (Phi) is 6.47.